The number of aryl methyl sites for hydroxylation is 1. The number of imidazole rings is 1. The first-order valence-corrected chi connectivity index (χ1v) is 7.96. The summed E-state index contributed by atoms with van der Waals surface area (Å²) >= 11 is 0. The van der Waals surface area contributed by atoms with Crippen LogP contribution in [-0.4, -0.2) is 42.6 Å². The minimum absolute atomic E-state index is 0.0962. The third-order valence-corrected chi connectivity index (χ3v) is 4.49. The van der Waals surface area contributed by atoms with E-state index in [1.807, 2.05) is 13.0 Å². The van der Waals surface area contributed by atoms with Gasteiger partial charge in [-0.3, -0.25) is 4.40 Å². The van der Waals surface area contributed by atoms with Crippen LogP contribution in [0.2, 0.25) is 0 Å². The van der Waals surface area contributed by atoms with E-state index in [2.05, 4.69) is 30.0 Å². The minimum Gasteiger partial charge on any atom is -0.356 e. The first-order valence-electron chi connectivity index (χ1n) is 7.96. The van der Waals surface area contributed by atoms with Crippen molar-refractivity contribution < 1.29 is 13.2 Å². The SMILES string of the molecule is Cc1nc(N2CCCC(c3ncc(C(F)(F)F)[nH]3)C2)cc2nncn12. The zero-order valence-electron chi connectivity index (χ0n) is 13.5. The van der Waals surface area contributed by atoms with Crippen molar-refractivity contribution >= 4 is 11.5 Å². The number of hydrogen-bond acceptors (Lipinski definition) is 5. The second-order valence-electron chi connectivity index (χ2n) is 6.19. The molecule has 0 spiro atoms. The number of fused-ring (bicyclic) bond motifs is 1. The molecule has 0 amide bonds. The van der Waals surface area contributed by atoms with Gasteiger partial charge in [0.15, 0.2) is 5.65 Å². The first kappa shape index (κ1) is 15.9. The molecule has 25 heavy (non-hydrogen) atoms. The summed E-state index contributed by atoms with van der Waals surface area (Å²) < 4.78 is 40.1. The molecule has 1 atom stereocenters. The number of rotatable bonds is 2. The van der Waals surface area contributed by atoms with Gasteiger partial charge < -0.3 is 9.88 Å². The maximum Gasteiger partial charge on any atom is 0.432 e. The van der Waals surface area contributed by atoms with Gasteiger partial charge in [0.05, 0.1) is 6.20 Å². The molecule has 3 aromatic heterocycles. The number of hydrogen-bond donors (Lipinski definition) is 1. The largest absolute Gasteiger partial charge is 0.432 e. The van der Waals surface area contributed by atoms with Gasteiger partial charge in [0.1, 0.15) is 29.5 Å². The topological polar surface area (TPSA) is 75.0 Å². The van der Waals surface area contributed by atoms with Crippen molar-refractivity contribution in [2.24, 2.45) is 0 Å². The van der Waals surface area contributed by atoms with Crippen LogP contribution < -0.4 is 4.90 Å². The predicted molar refractivity (Wildman–Crippen MR) is 83.3 cm³/mol. The van der Waals surface area contributed by atoms with Crippen LogP contribution in [0, 0.1) is 6.92 Å². The van der Waals surface area contributed by atoms with Gasteiger partial charge in [-0.2, -0.15) is 13.2 Å². The fourth-order valence-corrected chi connectivity index (χ4v) is 3.22. The maximum absolute atomic E-state index is 12.8. The highest BCUT2D eigenvalue weighted by atomic mass is 19.4. The van der Waals surface area contributed by atoms with E-state index in [0.717, 1.165) is 37.2 Å². The van der Waals surface area contributed by atoms with Crippen LogP contribution in [0.25, 0.3) is 5.65 Å². The molecule has 1 unspecified atom stereocenters. The lowest BCUT2D eigenvalue weighted by molar-refractivity contribution is -0.141. The smallest absolute Gasteiger partial charge is 0.356 e. The molecule has 0 saturated carbocycles. The van der Waals surface area contributed by atoms with Gasteiger partial charge in [-0.25, -0.2) is 9.97 Å². The highest BCUT2D eigenvalue weighted by Gasteiger charge is 2.34. The van der Waals surface area contributed by atoms with Crippen LogP contribution in [0.15, 0.2) is 18.6 Å². The van der Waals surface area contributed by atoms with Crippen molar-refractivity contribution in [3.8, 4) is 0 Å². The van der Waals surface area contributed by atoms with Crippen molar-refractivity contribution in [3.05, 3.63) is 35.9 Å². The van der Waals surface area contributed by atoms with E-state index in [1.54, 1.807) is 10.7 Å². The molecule has 1 saturated heterocycles. The van der Waals surface area contributed by atoms with Crippen LogP contribution in [0.5, 0.6) is 0 Å². The standard InChI is InChI=1S/C15H16F3N7/c1-9-21-12(5-13-23-20-8-25(9)13)24-4-2-3-10(7-24)14-19-6-11(22-14)15(16,17)18/h5-6,8,10H,2-4,7H2,1H3,(H,19,22). The van der Waals surface area contributed by atoms with Crippen LogP contribution in [-0.2, 0) is 6.18 Å². The molecule has 1 aliphatic heterocycles. The van der Waals surface area contributed by atoms with Gasteiger partial charge >= 0.3 is 6.18 Å². The Kier molecular flexibility index (Phi) is 3.62. The minimum atomic E-state index is -4.41. The van der Waals surface area contributed by atoms with Crippen molar-refractivity contribution in [1.29, 1.82) is 0 Å². The van der Waals surface area contributed by atoms with Crippen LogP contribution in [0.3, 0.4) is 0 Å². The fourth-order valence-electron chi connectivity index (χ4n) is 3.22. The molecule has 0 radical (unpaired) electrons. The lowest BCUT2D eigenvalue weighted by atomic mass is 9.97. The van der Waals surface area contributed by atoms with Gasteiger partial charge in [0, 0.05) is 25.1 Å². The molecular formula is C15H16F3N7. The predicted octanol–water partition coefficient (Wildman–Crippen LogP) is 2.56. The number of anilines is 1. The third kappa shape index (κ3) is 2.92. The molecule has 1 aliphatic rings. The molecule has 0 aromatic carbocycles. The van der Waals surface area contributed by atoms with Crippen molar-refractivity contribution in [2.45, 2.75) is 31.9 Å². The summed E-state index contributed by atoms with van der Waals surface area (Å²) in [6, 6.07) is 1.84. The van der Waals surface area contributed by atoms with E-state index in [-0.39, 0.29) is 5.92 Å². The zero-order valence-corrected chi connectivity index (χ0v) is 13.5. The molecule has 0 aliphatic carbocycles. The van der Waals surface area contributed by atoms with Crippen LogP contribution in [0.1, 0.15) is 36.1 Å². The highest BCUT2D eigenvalue weighted by molar-refractivity contribution is 5.51. The summed E-state index contributed by atoms with van der Waals surface area (Å²) in [6.07, 6.45) is -0.309. The van der Waals surface area contributed by atoms with Gasteiger partial charge in [0.2, 0.25) is 0 Å². The van der Waals surface area contributed by atoms with Crippen molar-refractivity contribution in [3.63, 3.8) is 0 Å². The Morgan fingerprint density at radius 1 is 1.32 bits per heavy atom. The van der Waals surface area contributed by atoms with Crippen LogP contribution in [0.4, 0.5) is 19.0 Å². The van der Waals surface area contributed by atoms with Gasteiger partial charge in [-0.15, -0.1) is 10.2 Å². The summed E-state index contributed by atoms with van der Waals surface area (Å²) in [5, 5.41) is 7.91. The Hall–Kier alpha value is -2.65. The highest BCUT2D eigenvalue weighted by Crippen LogP contribution is 2.32. The Bertz CT molecular complexity index is 898. The van der Waals surface area contributed by atoms with Crippen LogP contribution >= 0.6 is 0 Å². The van der Waals surface area contributed by atoms with Crippen molar-refractivity contribution in [1.82, 2.24) is 29.5 Å². The molecule has 1 fully saturated rings. The molecule has 7 nitrogen and oxygen atoms in total. The van der Waals surface area contributed by atoms with E-state index < -0.39 is 11.9 Å². The lowest BCUT2D eigenvalue weighted by Crippen LogP contribution is -2.35. The monoisotopic (exact) mass is 351 g/mol. The molecule has 132 valence electrons. The average Bonchev–Trinajstić information content (AvgIpc) is 3.24. The Balaban J connectivity index is 1.59. The number of H-pyrrole nitrogens is 1. The summed E-state index contributed by atoms with van der Waals surface area (Å²) in [5.74, 6) is 1.79. The summed E-state index contributed by atoms with van der Waals surface area (Å²) in [7, 11) is 0. The van der Waals surface area contributed by atoms with Gasteiger partial charge in [-0.05, 0) is 19.8 Å². The normalized spacial score (nSPS) is 18.9. The Morgan fingerprint density at radius 2 is 2.16 bits per heavy atom. The third-order valence-electron chi connectivity index (χ3n) is 4.49. The van der Waals surface area contributed by atoms with Gasteiger partial charge in [0.25, 0.3) is 0 Å². The number of piperidine rings is 1. The second kappa shape index (κ2) is 5.71. The first-order chi connectivity index (χ1) is 11.9. The zero-order chi connectivity index (χ0) is 17.6. The van der Waals surface area contributed by atoms with E-state index >= 15 is 0 Å². The lowest BCUT2D eigenvalue weighted by Gasteiger charge is -2.32. The maximum atomic E-state index is 12.8. The molecule has 10 heteroatoms. The van der Waals surface area contributed by atoms with E-state index in [1.165, 1.54) is 0 Å². The van der Waals surface area contributed by atoms with Gasteiger partial charge in [-0.1, -0.05) is 0 Å². The van der Waals surface area contributed by atoms with Crippen molar-refractivity contribution in [2.75, 3.05) is 18.0 Å². The molecule has 4 rings (SSSR count). The Labute approximate surface area is 140 Å². The second-order valence-corrected chi connectivity index (χ2v) is 6.19. The molecular weight excluding hydrogens is 335 g/mol. The molecule has 0 bridgehead atoms. The summed E-state index contributed by atoms with van der Waals surface area (Å²) in [4.78, 5) is 13.0. The number of nitrogens with zero attached hydrogens (tertiary/aromatic N) is 6. The quantitative estimate of drug-likeness (QED) is 0.768. The number of nitrogens with one attached hydrogen (secondary N) is 1. The number of alkyl halides is 3. The van der Waals surface area contributed by atoms with E-state index in [9.17, 15) is 13.2 Å². The van der Waals surface area contributed by atoms with E-state index in [4.69, 9.17) is 0 Å². The number of aromatic nitrogens is 6. The Morgan fingerprint density at radius 3 is 2.92 bits per heavy atom. The average molecular weight is 351 g/mol. The summed E-state index contributed by atoms with van der Waals surface area (Å²) in [5.41, 5.74) is -0.111. The summed E-state index contributed by atoms with van der Waals surface area (Å²) in [6.45, 7) is 3.21. The van der Waals surface area contributed by atoms with E-state index in [0.29, 0.717) is 18.0 Å². The fraction of sp³-hybridized carbons (Fsp3) is 0.467. The molecule has 3 aromatic rings. The molecule has 4 heterocycles. The number of halogens is 3. The number of aromatic amines is 1. The molecule has 1 N–H and O–H groups in total.